The molecule has 0 saturated heterocycles. The van der Waals surface area contributed by atoms with Crippen molar-refractivity contribution in [1.82, 2.24) is 10.2 Å². The number of carbonyl (C=O) groups is 1. The van der Waals surface area contributed by atoms with Gasteiger partial charge in [0.2, 0.25) is 5.89 Å². The first-order valence-electron chi connectivity index (χ1n) is 6.71. The van der Waals surface area contributed by atoms with E-state index in [1.165, 1.54) is 25.3 Å². The summed E-state index contributed by atoms with van der Waals surface area (Å²) in [4.78, 5) is 12.2. The van der Waals surface area contributed by atoms with Gasteiger partial charge in [0.05, 0.1) is 12.7 Å². The Morgan fingerprint density at radius 3 is 2.78 bits per heavy atom. The third-order valence-corrected chi connectivity index (χ3v) is 3.07. The van der Waals surface area contributed by atoms with Crippen molar-refractivity contribution in [2.24, 2.45) is 0 Å². The van der Waals surface area contributed by atoms with Crippen molar-refractivity contribution in [3.63, 3.8) is 0 Å². The number of nitrogens with one attached hydrogen (secondary N) is 1. The van der Waals surface area contributed by atoms with Crippen molar-refractivity contribution in [3.05, 3.63) is 59.9 Å². The highest BCUT2D eigenvalue weighted by Crippen LogP contribution is 2.22. The summed E-state index contributed by atoms with van der Waals surface area (Å²) >= 11 is 0. The van der Waals surface area contributed by atoms with E-state index >= 15 is 0 Å². The number of benzene rings is 2. The van der Waals surface area contributed by atoms with Crippen LogP contribution < -0.4 is 10.1 Å². The van der Waals surface area contributed by atoms with Crippen molar-refractivity contribution in [1.29, 1.82) is 0 Å². The molecule has 0 saturated carbocycles. The molecule has 0 aliphatic rings. The molecule has 116 valence electrons. The average Bonchev–Trinajstić information content (AvgIpc) is 3.03. The number of anilines is 1. The van der Waals surface area contributed by atoms with Gasteiger partial charge in [-0.05, 0) is 30.3 Å². The molecule has 0 bridgehead atoms. The summed E-state index contributed by atoms with van der Waals surface area (Å²) in [6.07, 6.45) is 0. The molecule has 0 spiro atoms. The zero-order chi connectivity index (χ0) is 16.2. The number of hydrogen-bond donors (Lipinski definition) is 1. The van der Waals surface area contributed by atoms with Gasteiger partial charge >= 0.3 is 6.01 Å². The number of ether oxygens (including phenoxy) is 1. The van der Waals surface area contributed by atoms with Gasteiger partial charge in [0.1, 0.15) is 11.6 Å². The van der Waals surface area contributed by atoms with Crippen molar-refractivity contribution in [3.8, 4) is 17.2 Å². The van der Waals surface area contributed by atoms with Gasteiger partial charge in [0, 0.05) is 5.56 Å². The monoisotopic (exact) mass is 313 g/mol. The normalized spacial score (nSPS) is 10.3. The number of aromatic nitrogens is 2. The lowest BCUT2D eigenvalue weighted by Gasteiger charge is -2.06. The Bertz CT molecular complexity index is 848. The van der Waals surface area contributed by atoms with Gasteiger partial charge in [-0.15, -0.1) is 5.10 Å². The molecular weight excluding hydrogens is 301 g/mol. The fourth-order valence-electron chi connectivity index (χ4n) is 2.01. The van der Waals surface area contributed by atoms with Crippen LogP contribution in [0.15, 0.2) is 52.9 Å². The zero-order valence-electron chi connectivity index (χ0n) is 12.1. The SMILES string of the molecule is COc1ccccc1C(=O)Nc1nnc(-c2cccc(F)c2)o1. The van der Waals surface area contributed by atoms with E-state index in [1.54, 1.807) is 30.3 Å². The summed E-state index contributed by atoms with van der Waals surface area (Å²) in [5.41, 5.74) is 0.760. The van der Waals surface area contributed by atoms with E-state index in [0.717, 1.165) is 0 Å². The Balaban J connectivity index is 1.80. The highest BCUT2D eigenvalue weighted by atomic mass is 19.1. The molecule has 0 aliphatic carbocycles. The van der Waals surface area contributed by atoms with E-state index in [0.29, 0.717) is 16.9 Å². The average molecular weight is 313 g/mol. The van der Waals surface area contributed by atoms with Gasteiger partial charge in [-0.2, -0.15) is 0 Å². The molecular formula is C16H12FN3O3. The summed E-state index contributed by atoms with van der Waals surface area (Å²) in [5.74, 6) is -0.327. The van der Waals surface area contributed by atoms with Crippen LogP contribution in [-0.4, -0.2) is 23.2 Å². The standard InChI is InChI=1S/C16H12FN3O3/c1-22-13-8-3-2-7-12(13)14(21)18-16-20-19-15(23-16)10-5-4-6-11(17)9-10/h2-9H,1H3,(H,18,20,21). The molecule has 1 heterocycles. The van der Waals surface area contributed by atoms with Gasteiger partial charge in [-0.25, -0.2) is 4.39 Å². The van der Waals surface area contributed by atoms with Crippen LogP contribution in [0.1, 0.15) is 10.4 Å². The van der Waals surface area contributed by atoms with Crippen molar-refractivity contribution >= 4 is 11.9 Å². The number of methoxy groups -OCH3 is 1. The molecule has 1 amide bonds. The minimum atomic E-state index is -0.447. The van der Waals surface area contributed by atoms with Crippen LogP contribution >= 0.6 is 0 Å². The third-order valence-electron chi connectivity index (χ3n) is 3.07. The van der Waals surface area contributed by atoms with E-state index in [-0.39, 0.29) is 11.9 Å². The molecule has 0 aliphatic heterocycles. The molecule has 0 unspecified atom stereocenters. The zero-order valence-corrected chi connectivity index (χ0v) is 12.1. The van der Waals surface area contributed by atoms with Crippen LogP contribution in [0.5, 0.6) is 5.75 Å². The first kappa shape index (κ1) is 14.7. The van der Waals surface area contributed by atoms with E-state index in [2.05, 4.69) is 15.5 Å². The lowest BCUT2D eigenvalue weighted by atomic mass is 10.2. The maximum atomic E-state index is 13.2. The molecule has 1 N–H and O–H groups in total. The van der Waals surface area contributed by atoms with Crippen LogP contribution in [-0.2, 0) is 0 Å². The molecule has 3 aromatic rings. The Kier molecular flexibility index (Phi) is 4.01. The smallest absolute Gasteiger partial charge is 0.322 e. The van der Waals surface area contributed by atoms with Gasteiger partial charge < -0.3 is 9.15 Å². The van der Waals surface area contributed by atoms with Crippen LogP contribution in [0, 0.1) is 5.82 Å². The summed E-state index contributed by atoms with van der Waals surface area (Å²) in [7, 11) is 1.47. The molecule has 7 heteroatoms. The molecule has 0 fully saturated rings. The molecule has 2 aromatic carbocycles. The highest BCUT2D eigenvalue weighted by Gasteiger charge is 2.16. The summed E-state index contributed by atoms with van der Waals surface area (Å²) in [6.45, 7) is 0. The number of hydrogen-bond acceptors (Lipinski definition) is 5. The quantitative estimate of drug-likeness (QED) is 0.800. The number of amides is 1. The Hall–Kier alpha value is -3.22. The van der Waals surface area contributed by atoms with Gasteiger partial charge in [-0.1, -0.05) is 23.3 Å². The summed E-state index contributed by atoms with van der Waals surface area (Å²) in [5, 5.41) is 10.0. The summed E-state index contributed by atoms with van der Waals surface area (Å²) in [6, 6.07) is 12.4. The predicted molar refractivity (Wildman–Crippen MR) is 80.6 cm³/mol. The van der Waals surface area contributed by atoms with Crippen molar-refractivity contribution < 1.29 is 18.3 Å². The first-order chi connectivity index (χ1) is 11.2. The summed E-state index contributed by atoms with van der Waals surface area (Å²) < 4.78 is 23.7. The minimum absolute atomic E-state index is 0.0832. The second kappa shape index (κ2) is 6.27. The van der Waals surface area contributed by atoms with E-state index < -0.39 is 11.7 Å². The van der Waals surface area contributed by atoms with E-state index in [4.69, 9.17) is 9.15 Å². The van der Waals surface area contributed by atoms with Crippen LogP contribution in [0.3, 0.4) is 0 Å². The van der Waals surface area contributed by atoms with Crippen LogP contribution in [0.25, 0.3) is 11.5 Å². The fourth-order valence-corrected chi connectivity index (χ4v) is 2.01. The first-order valence-corrected chi connectivity index (χ1v) is 6.71. The molecule has 3 rings (SSSR count). The predicted octanol–water partition coefficient (Wildman–Crippen LogP) is 3.14. The van der Waals surface area contributed by atoms with Crippen molar-refractivity contribution in [2.45, 2.75) is 0 Å². The maximum absolute atomic E-state index is 13.2. The maximum Gasteiger partial charge on any atom is 0.322 e. The molecule has 0 radical (unpaired) electrons. The molecule has 0 atom stereocenters. The van der Waals surface area contributed by atoms with Gasteiger partial charge in [0.25, 0.3) is 5.91 Å². The Morgan fingerprint density at radius 1 is 1.17 bits per heavy atom. The van der Waals surface area contributed by atoms with Crippen LogP contribution in [0.2, 0.25) is 0 Å². The topological polar surface area (TPSA) is 77.2 Å². The van der Waals surface area contributed by atoms with E-state index in [9.17, 15) is 9.18 Å². The fraction of sp³-hybridized carbons (Fsp3) is 0.0625. The second-order valence-corrected chi connectivity index (χ2v) is 4.58. The van der Waals surface area contributed by atoms with E-state index in [1.807, 2.05) is 0 Å². The number of para-hydroxylation sites is 1. The minimum Gasteiger partial charge on any atom is -0.496 e. The lowest BCUT2D eigenvalue weighted by Crippen LogP contribution is -2.13. The lowest BCUT2D eigenvalue weighted by molar-refractivity contribution is 0.102. The Morgan fingerprint density at radius 2 is 2.00 bits per heavy atom. The molecule has 1 aromatic heterocycles. The Labute approximate surface area is 130 Å². The molecule has 23 heavy (non-hydrogen) atoms. The number of carbonyl (C=O) groups excluding carboxylic acids is 1. The number of halogens is 1. The highest BCUT2D eigenvalue weighted by molar-refractivity contribution is 6.05. The third kappa shape index (κ3) is 3.18. The van der Waals surface area contributed by atoms with Crippen LogP contribution in [0.4, 0.5) is 10.4 Å². The van der Waals surface area contributed by atoms with Crippen molar-refractivity contribution in [2.75, 3.05) is 12.4 Å². The van der Waals surface area contributed by atoms with Gasteiger partial charge in [0.15, 0.2) is 0 Å². The largest absolute Gasteiger partial charge is 0.496 e. The number of nitrogens with zero attached hydrogens (tertiary/aromatic N) is 2. The van der Waals surface area contributed by atoms with Gasteiger partial charge in [-0.3, -0.25) is 10.1 Å². The molecule has 6 nitrogen and oxygen atoms in total. The number of rotatable bonds is 4. The second-order valence-electron chi connectivity index (χ2n) is 4.58.